The third kappa shape index (κ3) is 2.85. The quantitative estimate of drug-likeness (QED) is 0.866. The van der Waals surface area contributed by atoms with Crippen LogP contribution in [0.2, 0.25) is 0 Å². The van der Waals surface area contributed by atoms with E-state index in [-0.39, 0.29) is 5.91 Å². The van der Waals surface area contributed by atoms with E-state index in [1.807, 2.05) is 38.1 Å². The molecule has 3 N–H and O–H groups in total. The molecule has 0 bridgehead atoms. The Morgan fingerprint density at radius 2 is 2.10 bits per heavy atom. The maximum absolute atomic E-state index is 12.2. The number of nitrogens with one attached hydrogen (secondary N) is 1. The summed E-state index contributed by atoms with van der Waals surface area (Å²) in [6.07, 6.45) is 3.80. The molecule has 0 aliphatic carbocycles. The van der Waals surface area contributed by atoms with Gasteiger partial charge in [0.1, 0.15) is 12.7 Å². The Balaban J connectivity index is 2.10. The van der Waals surface area contributed by atoms with Gasteiger partial charge in [0.15, 0.2) is 0 Å². The molecule has 0 aliphatic rings. The minimum absolute atomic E-state index is 0.0593. The number of hydrogen-bond donors (Lipinski definition) is 2. The van der Waals surface area contributed by atoms with Gasteiger partial charge in [-0.05, 0) is 37.6 Å². The Bertz CT molecular complexity index is 558. The standard InChI is InChI=1S/C14H19N5O/c1-3-14(2,8-15)13(20)18-11-4-6-12(7-5-11)19-10-16-9-17-19/h4-7,9-10H,3,8,15H2,1-2H3,(H,18,20). The van der Waals surface area contributed by atoms with Crippen LogP contribution in [-0.2, 0) is 4.79 Å². The van der Waals surface area contributed by atoms with E-state index in [1.54, 1.807) is 11.0 Å². The smallest absolute Gasteiger partial charge is 0.231 e. The topological polar surface area (TPSA) is 85.8 Å². The average molecular weight is 273 g/mol. The number of amides is 1. The molecule has 2 rings (SSSR count). The van der Waals surface area contributed by atoms with Gasteiger partial charge in [-0.2, -0.15) is 5.10 Å². The molecule has 0 saturated heterocycles. The zero-order chi connectivity index (χ0) is 14.6. The summed E-state index contributed by atoms with van der Waals surface area (Å²) in [5, 5.41) is 6.94. The number of nitrogens with two attached hydrogens (primary N) is 1. The fourth-order valence-electron chi connectivity index (χ4n) is 1.72. The molecule has 0 spiro atoms. The number of aromatic nitrogens is 3. The van der Waals surface area contributed by atoms with Crippen LogP contribution in [-0.4, -0.2) is 27.2 Å². The second-order valence-corrected chi connectivity index (χ2v) is 4.96. The Morgan fingerprint density at radius 1 is 1.40 bits per heavy atom. The molecule has 1 atom stereocenters. The van der Waals surface area contributed by atoms with Crippen LogP contribution < -0.4 is 11.1 Å². The lowest BCUT2D eigenvalue weighted by molar-refractivity contribution is -0.124. The fraction of sp³-hybridized carbons (Fsp3) is 0.357. The summed E-state index contributed by atoms with van der Waals surface area (Å²) >= 11 is 0. The van der Waals surface area contributed by atoms with Crippen molar-refractivity contribution in [2.24, 2.45) is 11.1 Å². The molecule has 6 nitrogen and oxygen atoms in total. The molecular formula is C14H19N5O. The first-order valence-corrected chi connectivity index (χ1v) is 6.55. The molecule has 0 aliphatic heterocycles. The molecule has 6 heteroatoms. The lowest BCUT2D eigenvalue weighted by Gasteiger charge is -2.24. The highest BCUT2D eigenvalue weighted by Gasteiger charge is 2.29. The molecule has 1 aromatic heterocycles. The summed E-state index contributed by atoms with van der Waals surface area (Å²) in [6, 6.07) is 7.41. The molecule has 1 amide bonds. The minimum atomic E-state index is -0.537. The first-order valence-electron chi connectivity index (χ1n) is 6.55. The van der Waals surface area contributed by atoms with Gasteiger partial charge in [0.05, 0.1) is 11.1 Å². The minimum Gasteiger partial charge on any atom is -0.329 e. The third-order valence-electron chi connectivity index (χ3n) is 3.59. The van der Waals surface area contributed by atoms with E-state index >= 15 is 0 Å². The Labute approximate surface area is 118 Å². The summed E-state index contributed by atoms with van der Waals surface area (Å²) < 4.78 is 1.65. The Morgan fingerprint density at radius 3 is 2.60 bits per heavy atom. The predicted molar refractivity (Wildman–Crippen MR) is 77.4 cm³/mol. The van der Waals surface area contributed by atoms with E-state index in [2.05, 4.69) is 15.4 Å². The summed E-state index contributed by atoms with van der Waals surface area (Å²) in [6.45, 7) is 4.15. The van der Waals surface area contributed by atoms with Crippen LogP contribution in [0.15, 0.2) is 36.9 Å². The normalized spacial score (nSPS) is 13.8. The van der Waals surface area contributed by atoms with Gasteiger partial charge in [-0.3, -0.25) is 4.79 Å². The SMILES string of the molecule is CCC(C)(CN)C(=O)Nc1ccc(-n2cncn2)cc1. The first-order chi connectivity index (χ1) is 9.59. The maximum Gasteiger partial charge on any atom is 0.231 e. The zero-order valence-electron chi connectivity index (χ0n) is 11.7. The monoisotopic (exact) mass is 273 g/mol. The van der Waals surface area contributed by atoms with Crippen molar-refractivity contribution >= 4 is 11.6 Å². The second kappa shape index (κ2) is 5.83. The van der Waals surface area contributed by atoms with Crippen LogP contribution in [0.1, 0.15) is 20.3 Å². The number of nitrogens with zero attached hydrogens (tertiary/aromatic N) is 3. The first kappa shape index (κ1) is 14.2. The van der Waals surface area contributed by atoms with Crippen LogP contribution in [0.5, 0.6) is 0 Å². The Hall–Kier alpha value is -2.21. The number of carbonyl (C=O) groups excluding carboxylic acids is 1. The number of anilines is 1. The predicted octanol–water partition coefficient (Wildman–Crippen LogP) is 1.58. The zero-order valence-corrected chi connectivity index (χ0v) is 11.7. The van der Waals surface area contributed by atoms with Gasteiger partial charge in [0.25, 0.3) is 0 Å². The van der Waals surface area contributed by atoms with Crippen molar-refractivity contribution in [3.8, 4) is 5.69 Å². The van der Waals surface area contributed by atoms with Gasteiger partial charge in [-0.25, -0.2) is 9.67 Å². The average Bonchev–Trinajstić information content (AvgIpc) is 3.01. The highest BCUT2D eigenvalue weighted by molar-refractivity contribution is 5.95. The van der Waals surface area contributed by atoms with Crippen LogP contribution in [0.25, 0.3) is 5.69 Å². The summed E-state index contributed by atoms with van der Waals surface area (Å²) in [7, 11) is 0. The molecule has 1 heterocycles. The van der Waals surface area contributed by atoms with Crippen LogP contribution in [0, 0.1) is 5.41 Å². The summed E-state index contributed by atoms with van der Waals surface area (Å²) in [4.78, 5) is 16.1. The van der Waals surface area contributed by atoms with Crippen molar-refractivity contribution in [1.82, 2.24) is 14.8 Å². The number of hydrogen-bond acceptors (Lipinski definition) is 4. The lowest BCUT2D eigenvalue weighted by Crippen LogP contribution is -2.39. The van der Waals surface area contributed by atoms with Crippen LogP contribution in [0.4, 0.5) is 5.69 Å². The van der Waals surface area contributed by atoms with Crippen molar-refractivity contribution < 1.29 is 4.79 Å². The van der Waals surface area contributed by atoms with Crippen molar-refractivity contribution in [1.29, 1.82) is 0 Å². The maximum atomic E-state index is 12.2. The van der Waals surface area contributed by atoms with Gasteiger partial charge in [0, 0.05) is 12.2 Å². The fourth-order valence-corrected chi connectivity index (χ4v) is 1.72. The summed E-state index contributed by atoms with van der Waals surface area (Å²) in [5.41, 5.74) is 6.77. The van der Waals surface area contributed by atoms with Crippen molar-refractivity contribution in [2.75, 3.05) is 11.9 Å². The molecule has 0 saturated carbocycles. The Kier molecular flexibility index (Phi) is 4.14. The lowest BCUT2D eigenvalue weighted by atomic mass is 9.86. The number of carbonyl (C=O) groups is 1. The van der Waals surface area contributed by atoms with E-state index in [1.165, 1.54) is 6.33 Å². The van der Waals surface area contributed by atoms with Gasteiger partial charge in [-0.1, -0.05) is 6.92 Å². The van der Waals surface area contributed by atoms with E-state index in [4.69, 9.17) is 5.73 Å². The van der Waals surface area contributed by atoms with Gasteiger partial charge in [0.2, 0.25) is 5.91 Å². The van der Waals surface area contributed by atoms with E-state index in [0.29, 0.717) is 13.0 Å². The van der Waals surface area contributed by atoms with Crippen molar-refractivity contribution in [3.05, 3.63) is 36.9 Å². The molecule has 1 unspecified atom stereocenters. The molecular weight excluding hydrogens is 254 g/mol. The highest BCUT2D eigenvalue weighted by atomic mass is 16.2. The third-order valence-corrected chi connectivity index (χ3v) is 3.59. The van der Waals surface area contributed by atoms with Crippen molar-refractivity contribution in [2.45, 2.75) is 20.3 Å². The molecule has 106 valence electrons. The largest absolute Gasteiger partial charge is 0.329 e. The van der Waals surface area contributed by atoms with Gasteiger partial charge < -0.3 is 11.1 Å². The molecule has 0 fully saturated rings. The molecule has 0 radical (unpaired) electrons. The van der Waals surface area contributed by atoms with Crippen LogP contribution in [0.3, 0.4) is 0 Å². The molecule has 1 aromatic carbocycles. The van der Waals surface area contributed by atoms with E-state index < -0.39 is 5.41 Å². The molecule has 2 aromatic rings. The highest BCUT2D eigenvalue weighted by Crippen LogP contribution is 2.22. The van der Waals surface area contributed by atoms with Gasteiger partial charge >= 0.3 is 0 Å². The van der Waals surface area contributed by atoms with E-state index in [0.717, 1.165) is 11.4 Å². The van der Waals surface area contributed by atoms with Crippen LogP contribution >= 0.6 is 0 Å². The summed E-state index contributed by atoms with van der Waals surface area (Å²) in [5.74, 6) is -0.0593. The number of rotatable bonds is 5. The number of benzene rings is 1. The van der Waals surface area contributed by atoms with Crippen molar-refractivity contribution in [3.63, 3.8) is 0 Å². The second-order valence-electron chi connectivity index (χ2n) is 4.96. The van der Waals surface area contributed by atoms with Gasteiger partial charge in [-0.15, -0.1) is 0 Å². The molecule has 20 heavy (non-hydrogen) atoms. The van der Waals surface area contributed by atoms with E-state index in [9.17, 15) is 4.79 Å².